The van der Waals surface area contributed by atoms with Gasteiger partial charge in [-0.2, -0.15) is 0 Å². The van der Waals surface area contributed by atoms with Crippen molar-refractivity contribution in [2.45, 2.75) is 45.1 Å². The molecule has 0 unspecified atom stereocenters. The summed E-state index contributed by atoms with van der Waals surface area (Å²) in [5, 5.41) is 2.74. The minimum atomic E-state index is -0.385. The standard InChI is InChI=1S/C16H23NO3S/c1-11-6-7-13(12(2)8-11)21-10-15(19)20-9-14(18)17-16(3,4)5/h6-8H,9-10H2,1-5H3,(H,17,18). The van der Waals surface area contributed by atoms with Crippen molar-refractivity contribution in [3.63, 3.8) is 0 Å². The molecule has 0 saturated carbocycles. The molecule has 0 aliphatic heterocycles. The molecule has 116 valence electrons. The van der Waals surface area contributed by atoms with Crippen LogP contribution < -0.4 is 5.32 Å². The Morgan fingerprint density at radius 2 is 1.90 bits per heavy atom. The first-order valence-corrected chi connectivity index (χ1v) is 7.82. The van der Waals surface area contributed by atoms with Crippen LogP contribution in [0.3, 0.4) is 0 Å². The highest BCUT2D eigenvalue weighted by Crippen LogP contribution is 2.23. The molecule has 1 aromatic rings. The van der Waals surface area contributed by atoms with Crippen LogP contribution in [-0.2, 0) is 14.3 Å². The Hall–Kier alpha value is -1.49. The SMILES string of the molecule is Cc1ccc(SCC(=O)OCC(=O)NC(C)(C)C)c(C)c1. The van der Waals surface area contributed by atoms with Crippen molar-refractivity contribution in [2.75, 3.05) is 12.4 Å². The highest BCUT2D eigenvalue weighted by molar-refractivity contribution is 8.00. The number of hydrogen-bond donors (Lipinski definition) is 1. The number of thioether (sulfide) groups is 1. The predicted octanol–water partition coefficient (Wildman–Crippen LogP) is 2.85. The lowest BCUT2D eigenvalue weighted by Gasteiger charge is -2.20. The lowest BCUT2D eigenvalue weighted by molar-refractivity contribution is -0.146. The molecule has 1 N–H and O–H groups in total. The van der Waals surface area contributed by atoms with E-state index in [-0.39, 0.29) is 29.8 Å². The zero-order valence-electron chi connectivity index (χ0n) is 13.3. The third-order valence-electron chi connectivity index (χ3n) is 2.55. The van der Waals surface area contributed by atoms with Gasteiger partial charge in [0.15, 0.2) is 6.61 Å². The molecule has 0 aromatic heterocycles. The zero-order chi connectivity index (χ0) is 16.0. The average Bonchev–Trinajstić information content (AvgIpc) is 2.33. The van der Waals surface area contributed by atoms with Crippen LogP contribution in [0.1, 0.15) is 31.9 Å². The van der Waals surface area contributed by atoms with Gasteiger partial charge in [-0.3, -0.25) is 9.59 Å². The van der Waals surface area contributed by atoms with Crippen LogP contribution >= 0.6 is 11.8 Å². The van der Waals surface area contributed by atoms with Crippen LogP contribution in [0.25, 0.3) is 0 Å². The molecule has 0 atom stereocenters. The topological polar surface area (TPSA) is 55.4 Å². The second-order valence-corrected chi connectivity index (χ2v) is 7.03. The molecule has 21 heavy (non-hydrogen) atoms. The molecule has 0 aliphatic rings. The van der Waals surface area contributed by atoms with E-state index in [2.05, 4.69) is 11.4 Å². The number of benzene rings is 1. The molecule has 0 spiro atoms. The molecule has 0 aliphatic carbocycles. The van der Waals surface area contributed by atoms with Crippen LogP contribution in [0.2, 0.25) is 0 Å². The van der Waals surface area contributed by atoms with E-state index in [0.29, 0.717) is 0 Å². The smallest absolute Gasteiger partial charge is 0.316 e. The fourth-order valence-corrected chi connectivity index (χ4v) is 2.55. The fraction of sp³-hybridized carbons (Fsp3) is 0.500. The number of ether oxygens (including phenoxy) is 1. The van der Waals surface area contributed by atoms with Crippen LogP contribution in [0.15, 0.2) is 23.1 Å². The van der Waals surface area contributed by atoms with Gasteiger partial charge in [-0.05, 0) is 46.2 Å². The molecule has 0 saturated heterocycles. The normalized spacial score (nSPS) is 11.1. The monoisotopic (exact) mass is 309 g/mol. The van der Waals surface area contributed by atoms with Gasteiger partial charge in [0.25, 0.3) is 5.91 Å². The first-order valence-electron chi connectivity index (χ1n) is 6.84. The minimum Gasteiger partial charge on any atom is -0.455 e. The molecule has 4 nitrogen and oxygen atoms in total. The summed E-state index contributed by atoms with van der Waals surface area (Å²) in [5.74, 6) is -0.469. The van der Waals surface area contributed by atoms with Gasteiger partial charge in [-0.15, -0.1) is 11.8 Å². The molecule has 0 bridgehead atoms. The van der Waals surface area contributed by atoms with Gasteiger partial charge < -0.3 is 10.1 Å². The number of esters is 1. The van der Waals surface area contributed by atoms with Crippen molar-refractivity contribution in [2.24, 2.45) is 0 Å². The first-order chi connectivity index (χ1) is 9.67. The quantitative estimate of drug-likeness (QED) is 0.671. The molecule has 5 heteroatoms. The van der Waals surface area contributed by atoms with E-state index in [4.69, 9.17) is 4.74 Å². The number of rotatable bonds is 5. The Balaban J connectivity index is 2.36. The molecule has 0 radical (unpaired) electrons. The predicted molar refractivity (Wildman–Crippen MR) is 85.5 cm³/mol. The molecule has 0 fully saturated rings. The van der Waals surface area contributed by atoms with Crippen molar-refractivity contribution >= 4 is 23.6 Å². The van der Waals surface area contributed by atoms with Crippen molar-refractivity contribution in [1.82, 2.24) is 5.32 Å². The summed E-state index contributed by atoms with van der Waals surface area (Å²) in [4.78, 5) is 24.2. The molecular formula is C16H23NO3S. The van der Waals surface area contributed by atoms with Crippen molar-refractivity contribution < 1.29 is 14.3 Å². The average molecular weight is 309 g/mol. The Morgan fingerprint density at radius 3 is 2.48 bits per heavy atom. The number of carbonyl (C=O) groups is 2. The molecule has 1 rings (SSSR count). The third-order valence-corrected chi connectivity index (χ3v) is 3.70. The summed E-state index contributed by atoms with van der Waals surface area (Å²) in [7, 11) is 0. The maximum atomic E-state index is 11.6. The maximum Gasteiger partial charge on any atom is 0.316 e. The van der Waals surface area contributed by atoms with E-state index in [1.807, 2.05) is 46.8 Å². The molecule has 0 heterocycles. The van der Waals surface area contributed by atoms with E-state index < -0.39 is 0 Å². The van der Waals surface area contributed by atoms with Crippen molar-refractivity contribution in [3.05, 3.63) is 29.3 Å². The summed E-state index contributed by atoms with van der Waals surface area (Å²) in [6, 6.07) is 6.08. The highest BCUT2D eigenvalue weighted by atomic mass is 32.2. The maximum absolute atomic E-state index is 11.6. The third kappa shape index (κ3) is 7.18. The summed E-state index contributed by atoms with van der Waals surface area (Å²) in [5.41, 5.74) is 2.01. The fourth-order valence-electron chi connectivity index (χ4n) is 1.74. The second-order valence-electron chi connectivity index (χ2n) is 6.02. The Labute approximate surface area is 130 Å². The zero-order valence-corrected chi connectivity index (χ0v) is 14.1. The van der Waals surface area contributed by atoms with Crippen molar-refractivity contribution in [1.29, 1.82) is 0 Å². The summed E-state index contributed by atoms with van der Waals surface area (Å²) in [6.07, 6.45) is 0. The largest absolute Gasteiger partial charge is 0.455 e. The lowest BCUT2D eigenvalue weighted by Crippen LogP contribution is -2.42. The number of carbonyl (C=O) groups excluding carboxylic acids is 2. The second kappa shape index (κ2) is 7.50. The van der Waals surface area contributed by atoms with E-state index in [1.165, 1.54) is 17.3 Å². The van der Waals surface area contributed by atoms with Gasteiger partial charge in [0.2, 0.25) is 0 Å². The number of aryl methyl sites for hydroxylation is 2. The molecule has 1 aromatic carbocycles. The van der Waals surface area contributed by atoms with Crippen molar-refractivity contribution in [3.8, 4) is 0 Å². The minimum absolute atomic E-state index is 0.201. The molecular weight excluding hydrogens is 286 g/mol. The van der Waals surface area contributed by atoms with E-state index >= 15 is 0 Å². The Bertz CT molecular complexity index is 521. The summed E-state index contributed by atoms with van der Waals surface area (Å²) < 4.78 is 4.96. The van der Waals surface area contributed by atoms with Gasteiger partial charge in [-0.1, -0.05) is 17.7 Å². The van der Waals surface area contributed by atoms with E-state index in [1.54, 1.807) is 0 Å². The van der Waals surface area contributed by atoms with E-state index in [0.717, 1.165) is 10.5 Å². The number of hydrogen-bond acceptors (Lipinski definition) is 4. The van der Waals surface area contributed by atoms with E-state index in [9.17, 15) is 9.59 Å². The van der Waals surface area contributed by atoms with Gasteiger partial charge in [0.1, 0.15) is 0 Å². The summed E-state index contributed by atoms with van der Waals surface area (Å²) >= 11 is 1.42. The molecule has 1 amide bonds. The first kappa shape index (κ1) is 17.6. The van der Waals surface area contributed by atoms with Crippen LogP contribution in [0.4, 0.5) is 0 Å². The Morgan fingerprint density at radius 1 is 1.24 bits per heavy atom. The number of nitrogens with one attached hydrogen (secondary N) is 1. The van der Waals surface area contributed by atoms with Crippen LogP contribution in [0, 0.1) is 13.8 Å². The van der Waals surface area contributed by atoms with Gasteiger partial charge >= 0.3 is 5.97 Å². The summed E-state index contributed by atoms with van der Waals surface area (Å²) in [6.45, 7) is 9.44. The van der Waals surface area contributed by atoms with Gasteiger partial charge in [0, 0.05) is 10.4 Å². The lowest BCUT2D eigenvalue weighted by atomic mass is 10.1. The Kier molecular flexibility index (Phi) is 6.27. The highest BCUT2D eigenvalue weighted by Gasteiger charge is 2.15. The van der Waals surface area contributed by atoms with Crippen LogP contribution in [-0.4, -0.2) is 29.8 Å². The van der Waals surface area contributed by atoms with Crippen LogP contribution in [0.5, 0.6) is 0 Å². The number of amides is 1. The van der Waals surface area contributed by atoms with Gasteiger partial charge in [0.05, 0.1) is 5.75 Å². The van der Waals surface area contributed by atoms with Gasteiger partial charge in [-0.25, -0.2) is 0 Å².